The summed E-state index contributed by atoms with van der Waals surface area (Å²) in [5.41, 5.74) is 14.3. The number of amides is 2. The molecule has 0 saturated carbocycles. The summed E-state index contributed by atoms with van der Waals surface area (Å²) in [7, 11) is 1.40. The van der Waals surface area contributed by atoms with Crippen molar-refractivity contribution in [3.8, 4) is 28.7 Å². The molecule has 11 nitrogen and oxygen atoms in total. The van der Waals surface area contributed by atoms with Crippen LogP contribution < -0.4 is 45.8 Å². The monoisotopic (exact) mass is 664 g/mol. The van der Waals surface area contributed by atoms with E-state index in [9.17, 15) is 9.59 Å². The van der Waals surface area contributed by atoms with Gasteiger partial charge in [-0.2, -0.15) is 0 Å². The van der Waals surface area contributed by atoms with Crippen LogP contribution in [0.1, 0.15) is 76.1 Å². The maximum atomic E-state index is 13.7. The lowest BCUT2D eigenvalue weighted by molar-refractivity contribution is 0.102. The molecule has 48 heavy (non-hydrogen) atoms. The number of benzene rings is 3. The minimum atomic E-state index is -0.525. The van der Waals surface area contributed by atoms with Crippen LogP contribution in [-0.4, -0.2) is 45.4 Å². The van der Waals surface area contributed by atoms with Crippen molar-refractivity contribution in [2.75, 3.05) is 55.6 Å². The van der Waals surface area contributed by atoms with E-state index in [0.717, 1.165) is 0 Å². The summed E-state index contributed by atoms with van der Waals surface area (Å²) in [6.45, 7) is 18.0. The van der Waals surface area contributed by atoms with Crippen LogP contribution >= 0.6 is 0 Å². The van der Waals surface area contributed by atoms with Gasteiger partial charge in [0, 0.05) is 12.1 Å². The molecule has 0 radical (unpaired) electrons. The summed E-state index contributed by atoms with van der Waals surface area (Å²) in [4.78, 5) is 27.4. The number of anilines is 4. The van der Waals surface area contributed by atoms with Gasteiger partial charge in [-0.15, -0.1) is 0 Å². The Morgan fingerprint density at radius 1 is 0.583 bits per heavy atom. The number of rotatable bonds is 17. The minimum absolute atomic E-state index is 0.0801. The lowest BCUT2D eigenvalue weighted by atomic mass is 10.1. The average molecular weight is 665 g/mol. The Kier molecular flexibility index (Phi) is 13.6. The number of carbonyl (C=O) groups excluding carboxylic acids is 2. The molecule has 0 heterocycles. The molecule has 2 amide bonds. The van der Waals surface area contributed by atoms with Crippen LogP contribution in [0.4, 0.5) is 22.7 Å². The standard InChI is InChI=1S/C37H52N4O7/c1-21(2)17-45-31-15-33(47-19-23(5)6)29(13-27(31)38)40-36(42)25-11-10-12-26(35(25)44-9)37(43)41-30-14-28(39)32(46-18-22(3)4)16-34(30)48-20-24(7)8/h10-16,21-24H,17-20,38-39H2,1-9H3,(H,40,42)(H,41,43). The molecule has 3 aromatic rings. The van der Waals surface area contributed by atoms with Gasteiger partial charge in [0.15, 0.2) is 0 Å². The first kappa shape index (κ1) is 37.7. The highest BCUT2D eigenvalue weighted by atomic mass is 16.5. The topological polar surface area (TPSA) is 156 Å². The van der Waals surface area contributed by atoms with Crippen LogP contribution in [0, 0.1) is 23.7 Å². The van der Waals surface area contributed by atoms with E-state index in [2.05, 4.69) is 10.6 Å². The molecule has 0 bridgehead atoms. The molecule has 0 aliphatic rings. The molecule has 0 aliphatic carbocycles. The second-order valence-electron chi connectivity index (χ2n) is 13.4. The first-order valence-corrected chi connectivity index (χ1v) is 16.4. The predicted molar refractivity (Wildman–Crippen MR) is 192 cm³/mol. The fraction of sp³-hybridized carbons (Fsp3) is 0.459. The highest BCUT2D eigenvalue weighted by Crippen LogP contribution is 2.38. The van der Waals surface area contributed by atoms with Crippen molar-refractivity contribution in [1.82, 2.24) is 0 Å². The minimum Gasteiger partial charge on any atom is -0.495 e. The van der Waals surface area contributed by atoms with Gasteiger partial charge < -0.3 is 45.8 Å². The third kappa shape index (κ3) is 10.6. The molecule has 3 rings (SSSR count). The molecule has 0 saturated heterocycles. The summed E-state index contributed by atoms with van der Waals surface area (Å²) < 4.78 is 29.5. The van der Waals surface area contributed by atoms with Crippen molar-refractivity contribution in [3.63, 3.8) is 0 Å². The van der Waals surface area contributed by atoms with Crippen LogP contribution in [0.15, 0.2) is 42.5 Å². The van der Waals surface area contributed by atoms with Crippen LogP contribution in [0.3, 0.4) is 0 Å². The van der Waals surface area contributed by atoms with Gasteiger partial charge in [-0.25, -0.2) is 0 Å². The SMILES string of the molecule is COc1c(C(=O)Nc2cc(N)c(OCC(C)C)cc2OCC(C)C)cccc1C(=O)Nc1cc(N)c(OCC(C)C)cc1OCC(C)C. The number of carbonyl (C=O) groups is 2. The average Bonchev–Trinajstić information content (AvgIpc) is 3.02. The first-order chi connectivity index (χ1) is 22.7. The Hall–Kier alpha value is -4.80. The van der Waals surface area contributed by atoms with Crippen molar-refractivity contribution < 1.29 is 33.3 Å². The Morgan fingerprint density at radius 2 is 0.917 bits per heavy atom. The maximum Gasteiger partial charge on any atom is 0.259 e. The number of nitrogens with two attached hydrogens (primary N) is 2. The highest BCUT2D eigenvalue weighted by molar-refractivity contribution is 6.13. The number of para-hydroxylation sites is 1. The second kappa shape index (κ2) is 17.4. The summed E-state index contributed by atoms with van der Waals surface area (Å²) in [6.07, 6.45) is 0. The fourth-order valence-corrected chi connectivity index (χ4v) is 4.36. The molecule has 0 atom stereocenters. The number of hydrogen-bond acceptors (Lipinski definition) is 9. The summed E-state index contributed by atoms with van der Waals surface area (Å²) in [6, 6.07) is 11.3. The first-order valence-electron chi connectivity index (χ1n) is 16.4. The van der Waals surface area contributed by atoms with E-state index >= 15 is 0 Å². The third-order valence-electron chi connectivity index (χ3n) is 6.72. The lowest BCUT2D eigenvalue weighted by Crippen LogP contribution is -2.19. The third-order valence-corrected chi connectivity index (χ3v) is 6.72. The number of ether oxygens (including phenoxy) is 5. The number of nitrogen functional groups attached to an aromatic ring is 2. The smallest absolute Gasteiger partial charge is 0.259 e. The van der Waals surface area contributed by atoms with E-state index in [1.54, 1.807) is 42.5 Å². The Morgan fingerprint density at radius 3 is 1.23 bits per heavy atom. The highest BCUT2D eigenvalue weighted by Gasteiger charge is 2.23. The number of methoxy groups -OCH3 is 1. The Balaban J connectivity index is 1.94. The quantitative estimate of drug-likeness (QED) is 0.107. The van der Waals surface area contributed by atoms with E-state index in [4.69, 9.17) is 35.2 Å². The van der Waals surface area contributed by atoms with Gasteiger partial charge in [0.25, 0.3) is 11.8 Å². The van der Waals surface area contributed by atoms with Gasteiger partial charge in [0.1, 0.15) is 28.7 Å². The van der Waals surface area contributed by atoms with E-state index < -0.39 is 11.8 Å². The van der Waals surface area contributed by atoms with Crippen LogP contribution in [0.25, 0.3) is 0 Å². The number of nitrogens with one attached hydrogen (secondary N) is 2. The van der Waals surface area contributed by atoms with Gasteiger partial charge in [0.05, 0.1) is 67.4 Å². The van der Waals surface area contributed by atoms with Crippen molar-refractivity contribution in [1.29, 1.82) is 0 Å². The summed E-state index contributed by atoms with van der Waals surface area (Å²) in [5, 5.41) is 5.76. The van der Waals surface area contributed by atoms with E-state index in [0.29, 0.717) is 84.0 Å². The van der Waals surface area contributed by atoms with Crippen LogP contribution in [-0.2, 0) is 0 Å². The molecular weight excluding hydrogens is 612 g/mol. The maximum absolute atomic E-state index is 13.7. The lowest BCUT2D eigenvalue weighted by Gasteiger charge is -2.19. The molecule has 3 aromatic carbocycles. The van der Waals surface area contributed by atoms with Crippen LogP contribution in [0.2, 0.25) is 0 Å². The predicted octanol–water partition coefficient (Wildman–Crippen LogP) is 7.50. The zero-order valence-corrected chi connectivity index (χ0v) is 29.7. The van der Waals surface area contributed by atoms with Gasteiger partial charge >= 0.3 is 0 Å². The van der Waals surface area contributed by atoms with E-state index in [1.807, 2.05) is 55.4 Å². The van der Waals surface area contributed by atoms with Gasteiger partial charge in [0.2, 0.25) is 0 Å². The molecule has 0 aliphatic heterocycles. The molecule has 262 valence electrons. The molecule has 0 fully saturated rings. The van der Waals surface area contributed by atoms with Gasteiger partial charge in [-0.1, -0.05) is 61.5 Å². The van der Waals surface area contributed by atoms with Crippen molar-refractivity contribution in [2.45, 2.75) is 55.4 Å². The van der Waals surface area contributed by atoms with Crippen molar-refractivity contribution >= 4 is 34.6 Å². The van der Waals surface area contributed by atoms with Gasteiger partial charge in [-0.05, 0) is 47.9 Å². The molecule has 0 spiro atoms. The van der Waals surface area contributed by atoms with Gasteiger partial charge in [-0.3, -0.25) is 9.59 Å². The van der Waals surface area contributed by atoms with Crippen molar-refractivity contribution in [2.24, 2.45) is 23.7 Å². The Labute approximate surface area is 284 Å². The van der Waals surface area contributed by atoms with Crippen molar-refractivity contribution in [3.05, 3.63) is 53.6 Å². The number of hydrogen-bond donors (Lipinski definition) is 4. The zero-order chi connectivity index (χ0) is 35.5. The van der Waals surface area contributed by atoms with Crippen LogP contribution in [0.5, 0.6) is 28.7 Å². The largest absolute Gasteiger partial charge is 0.495 e. The summed E-state index contributed by atoms with van der Waals surface area (Å²) in [5.74, 6) is 1.83. The van der Waals surface area contributed by atoms with E-state index in [-0.39, 0.29) is 28.7 Å². The second-order valence-corrected chi connectivity index (χ2v) is 13.4. The van der Waals surface area contributed by atoms with E-state index in [1.165, 1.54) is 7.11 Å². The Bertz CT molecular complexity index is 1440. The summed E-state index contributed by atoms with van der Waals surface area (Å²) >= 11 is 0. The molecule has 0 aromatic heterocycles. The molecule has 0 unspecified atom stereocenters. The molecule has 6 N–H and O–H groups in total. The normalized spacial score (nSPS) is 11.2. The molecular formula is C37H52N4O7. The zero-order valence-electron chi connectivity index (χ0n) is 29.7. The molecule has 11 heteroatoms. The fourth-order valence-electron chi connectivity index (χ4n) is 4.36.